The average Bonchev–Trinajstić information content (AvgIpc) is 2.83. The maximum Gasteiger partial charge on any atom is 0.278 e. The molecule has 0 saturated heterocycles. The van der Waals surface area contributed by atoms with Crippen molar-refractivity contribution < 1.29 is 18.7 Å². The van der Waals surface area contributed by atoms with E-state index in [2.05, 4.69) is 25.6 Å². The lowest BCUT2D eigenvalue weighted by Crippen LogP contribution is -2.43. The first-order valence-electron chi connectivity index (χ1n) is 11.8. The van der Waals surface area contributed by atoms with Crippen LogP contribution in [0.1, 0.15) is 49.9 Å². The molecule has 2 heterocycles. The highest BCUT2D eigenvalue weighted by molar-refractivity contribution is 5.99. The lowest BCUT2D eigenvalue weighted by Gasteiger charge is -2.30. The van der Waals surface area contributed by atoms with E-state index < -0.39 is 11.7 Å². The van der Waals surface area contributed by atoms with Crippen molar-refractivity contribution in [1.82, 2.24) is 15.0 Å². The molecule has 11 heteroatoms. The Labute approximate surface area is 202 Å². The number of benzene rings is 1. The monoisotopic (exact) mass is 483 g/mol. The standard InChI is InChI=1S/C24H30FN7O3/c1-3-34-23-24(35-4-2)31-19-11-13(9-10-18(19)30-23)28-21-14(20(27)33)12-15(25)22(32-21)29-17-8-6-5-7-16(17)26/h9-12,16-17H,3-8,26H2,1-2H3,(H2,27,33)(H2,28,29,32). The predicted molar refractivity (Wildman–Crippen MR) is 132 cm³/mol. The van der Waals surface area contributed by atoms with Crippen molar-refractivity contribution in [2.75, 3.05) is 23.8 Å². The van der Waals surface area contributed by atoms with Crippen molar-refractivity contribution in [2.24, 2.45) is 11.5 Å². The van der Waals surface area contributed by atoms with Gasteiger partial charge in [0.05, 0.1) is 29.8 Å². The van der Waals surface area contributed by atoms with Gasteiger partial charge in [-0.3, -0.25) is 4.79 Å². The number of hydrogen-bond acceptors (Lipinski definition) is 9. The SMILES string of the molecule is CCOc1nc2ccc(Nc3nc(NC4CCCCC4N)c(F)cc3C(N)=O)cc2nc1OCC. The van der Waals surface area contributed by atoms with Gasteiger partial charge < -0.3 is 31.6 Å². The van der Waals surface area contributed by atoms with Crippen LogP contribution in [0.5, 0.6) is 11.8 Å². The fraction of sp³-hybridized carbons (Fsp3) is 0.417. The Kier molecular flexibility index (Phi) is 7.45. The second-order valence-corrected chi connectivity index (χ2v) is 8.31. The van der Waals surface area contributed by atoms with Gasteiger partial charge in [0.15, 0.2) is 11.6 Å². The van der Waals surface area contributed by atoms with E-state index in [1.807, 2.05) is 13.8 Å². The third-order valence-electron chi connectivity index (χ3n) is 5.81. The Morgan fingerprint density at radius 1 is 1.03 bits per heavy atom. The van der Waals surface area contributed by atoms with Crippen molar-refractivity contribution in [1.29, 1.82) is 0 Å². The molecule has 3 aromatic rings. The molecule has 1 amide bonds. The molecule has 1 aromatic carbocycles. The molecule has 1 aliphatic carbocycles. The zero-order chi connectivity index (χ0) is 24.9. The molecular formula is C24H30FN7O3. The summed E-state index contributed by atoms with van der Waals surface area (Å²) in [5.41, 5.74) is 13.3. The molecule has 1 aliphatic rings. The van der Waals surface area contributed by atoms with Crippen LogP contribution in [0.4, 0.5) is 21.7 Å². The van der Waals surface area contributed by atoms with E-state index in [9.17, 15) is 9.18 Å². The van der Waals surface area contributed by atoms with Crippen LogP contribution in [0.2, 0.25) is 0 Å². The number of pyridine rings is 1. The second kappa shape index (κ2) is 10.7. The number of carbonyl (C=O) groups is 1. The Bertz CT molecular complexity index is 1220. The van der Waals surface area contributed by atoms with Crippen LogP contribution in [-0.2, 0) is 0 Å². The molecule has 0 spiro atoms. The van der Waals surface area contributed by atoms with E-state index >= 15 is 0 Å². The first-order chi connectivity index (χ1) is 16.9. The predicted octanol–water partition coefficient (Wildman–Crippen LogP) is 3.49. The number of nitrogens with zero attached hydrogens (tertiary/aromatic N) is 3. The molecule has 2 unspecified atom stereocenters. The molecule has 4 rings (SSSR count). The number of primary amides is 1. The van der Waals surface area contributed by atoms with Crippen LogP contribution in [0, 0.1) is 5.82 Å². The quantitative estimate of drug-likeness (QED) is 0.358. The first-order valence-corrected chi connectivity index (χ1v) is 11.8. The van der Waals surface area contributed by atoms with Crippen LogP contribution in [-0.4, -0.2) is 46.2 Å². The van der Waals surface area contributed by atoms with E-state index in [0.29, 0.717) is 35.8 Å². The zero-order valence-electron chi connectivity index (χ0n) is 19.8. The summed E-state index contributed by atoms with van der Waals surface area (Å²) >= 11 is 0. The summed E-state index contributed by atoms with van der Waals surface area (Å²) in [5.74, 6) is -0.742. The Morgan fingerprint density at radius 3 is 2.37 bits per heavy atom. The van der Waals surface area contributed by atoms with E-state index in [1.165, 1.54) is 0 Å². The lowest BCUT2D eigenvalue weighted by atomic mass is 9.91. The largest absolute Gasteiger partial charge is 0.474 e. The Hall–Kier alpha value is -3.73. The van der Waals surface area contributed by atoms with Gasteiger partial charge in [0, 0.05) is 17.8 Å². The molecule has 1 saturated carbocycles. The number of halogens is 1. The number of rotatable bonds is 9. The number of amides is 1. The van der Waals surface area contributed by atoms with Gasteiger partial charge in [0.2, 0.25) is 0 Å². The number of hydrogen-bond donors (Lipinski definition) is 4. The molecule has 0 bridgehead atoms. The molecular weight excluding hydrogens is 453 g/mol. The van der Waals surface area contributed by atoms with Crippen molar-refractivity contribution in [3.8, 4) is 11.8 Å². The normalized spacial score (nSPS) is 17.7. The van der Waals surface area contributed by atoms with Crippen LogP contribution in [0.15, 0.2) is 24.3 Å². The number of anilines is 3. The highest BCUT2D eigenvalue weighted by Crippen LogP contribution is 2.30. The summed E-state index contributed by atoms with van der Waals surface area (Å²) in [6.07, 6.45) is 3.73. The summed E-state index contributed by atoms with van der Waals surface area (Å²) in [6.45, 7) is 4.52. The minimum atomic E-state index is -0.805. The Balaban J connectivity index is 1.67. The van der Waals surface area contributed by atoms with Crippen LogP contribution in [0.3, 0.4) is 0 Å². The number of nitrogens with one attached hydrogen (secondary N) is 2. The molecule has 1 fully saturated rings. The molecule has 0 radical (unpaired) electrons. The van der Waals surface area contributed by atoms with Gasteiger partial charge in [0.25, 0.3) is 17.7 Å². The number of fused-ring (bicyclic) bond motifs is 1. The molecule has 2 aromatic heterocycles. The van der Waals surface area contributed by atoms with Gasteiger partial charge in [-0.15, -0.1) is 0 Å². The third kappa shape index (κ3) is 5.51. The van der Waals surface area contributed by atoms with E-state index in [-0.39, 0.29) is 35.2 Å². The summed E-state index contributed by atoms with van der Waals surface area (Å²) < 4.78 is 25.9. The van der Waals surface area contributed by atoms with Crippen LogP contribution in [0.25, 0.3) is 11.0 Å². The van der Waals surface area contributed by atoms with Gasteiger partial charge >= 0.3 is 0 Å². The summed E-state index contributed by atoms with van der Waals surface area (Å²) in [5, 5.41) is 6.17. The van der Waals surface area contributed by atoms with E-state index in [1.54, 1.807) is 18.2 Å². The fourth-order valence-corrected chi connectivity index (χ4v) is 4.09. The molecule has 0 aliphatic heterocycles. The Morgan fingerprint density at radius 2 is 1.71 bits per heavy atom. The van der Waals surface area contributed by atoms with E-state index in [4.69, 9.17) is 20.9 Å². The highest BCUT2D eigenvalue weighted by Gasteiger charge is 2.24. The number of nitrogens with two attached hydrogens (primary N) is 2. The van der Waals surface area contributed by atoms with Crippen LogP contribution < -0.4 is 31.6 Å². The summed E-state index contributed by atoms with van der Waals surface area (Å²) in [4.78, 5) is 25.4. The second-order valence-electron chi connectivity index (χ2n) is 8.31. The first kappa shape index (κ1) is 24.4. The zero-order valence-corrected chi connectivity index (χ0v) is 19.8. The van der Waals surface area contributed by atoms with Crippen molar-refractivity contribution in [2.45, 2.75) is 51.6 Å². The van der Waals surface area contributed by atoms with Gasteiger partial charge in [-0.05, 0) is 51.0 Å². The number of ether oxygens (including phenoxy) is 2. The van der Waals surface area contributed by atoms with Gasteiger partial charge in [0.1, 0.15) is 5.82 Å². The molecule has 2 atom stereocenters. The minimum absolute atomic E-state index is 0.0143. The molecule has 6 N–H and O–H groups in total. The molecule has 35 heavy (non-hydrogen) atoms. The lowest BCUT2D eigenvalue weighted by molar-refractivity contribution is 0.100. The van der Waals surface area contributed by atoms with Gasteiger partial charge in [-0.2, -0.15) is 0 Å². The number of aromatic nitrogens is 3. The smallest absolute Gasteiger partial charge is 0.278 e. The van der Waals surface area contributed by atoms with E-state index in [0.717, 1.165) is 31.7 Å². The van der Waals surface area contributed by atoms with Crippen molar-refractivity contribution in [3.63, 3.8) is 0 Å². The summed E-state index contributed by atoms with van der Waals surface area (Å²) in [6, 6.07) is 6.09. The van der Waals surface area contributed by atoms with Gasteiger partial charge in [-0.1, -0.05) is 12.8 Å². The van der Waals surface area contributed by atoms with Crippen molar-refractivity contribution >= 4 is 34.3 Å². The number of carbonyl (C=O) groups excluding carboxylic acids is 1. The maximum atomic E-state index is 14.8. The topological polar surface area (TPSA) is 150 Å². The summed E-state index contributed by atoms with van der Waals surface area (Å²) in [7, 11) is 0. The average molecular weight is 484 g/mol. The minimum Gasteiger partial charge on any atom is -0.474 e. The molecule has 186 valence electrons. The maximum absolute atomic E-state index is 14.8. The van der Waals surface area contributed by atoms with Crippen LogP contribution >= 0.6 is 0 Å². The highest BCUT2D eigenvalue weighted by atomic mass is 19.1. The van der Waals surface area contributed by atoms with Crippen molar-refractivity contribution in [3.05, 3.63) is 35.6 Å². The van der Waals surface area contributed by atoms with Gasteiger partial charge in [-0.25, -0.2) is 19.3 Å². The third-order valence-corrected chi connectivity index (χ3v) is 5.81. The fourth-order valence-electron chi connectivity index (χ4n) is 4.09. The molecule has 10 nitrogen and oxygen atoms in total.